The molecule has 0 spiro atoms. The number of aliphatic carboxylic acids is 1. The van der Waals surface area contributed by atoms with Gasteiger partial charge in [-0.1, -0.05) is 37.6 Å². The topological polar surface area (TPSA) is 166 Å². The van der Waals surface area contributed by atoms with Gasteiger partial charge in [0.15, 0.2) is 0 Å². The minimum Gasteiger partial charge on any atom is -0.480 e. The van der Waals surface area contributed by atoms with Crippen molar-refractivity contribution in [2.24, 2.45) is 5.73 Å². The number of nitrogens with two attached hydrogens (primary N) is 1. The molecule has 0 rings (SSSR count). The van der Waals surface area contributed by atoms with Crippen LogP contribution in [0.5, 0.6) is 0 Å². The summed E-state index contributed by atoms with van der Waals surface area (Å²) in [4.78, 5) is 31.3. The summed E-state index contributed by atoms with van der Waals surface area (Å²) in [5.74, 6) is -1.98. The molecule has 0 bridgehead atoms. The number of phosphoric acid groups is 1. The summed E-state index contributed by atoms with van der Waals surface area (Å²) in [5, 5.41) is 18.1. The van der Waals surface area contributed by atoms with E-state index in [0.29, 0.717) is 6.42 Å². The molecule has 3 atom stereocenters. The maximum absolute atomic E-state index is 11.5. The molecule has 0 aromatic heterocycles. The lowest BCUT2D eigenvalue weighted by atomic mass is 10.2. The zero-order valence-electron chi connectivity index (χ0n) is 15.2. The number of carboxylic acids is 1. The molecule has 11 heteroatoms. The molecule has 0 fully saturated rings. The second-order valence-corrected chi connectivity index (χ2v) is 6.97. The first-order valence-corrected chi connectivity index (χ1v) is 9.91. The van der Waals surface area contributed by atoms with Gasteiger partial charge in [0.2, 0.25) is 0 Å². The number of aliphatic hydroxyl groups is 1. The average Bonchev–Trinajstić information content (AvgIpc) is 2.62. The van der Waals surface area contributed by atoms with Crippen LogP contribution in [-0.2, 0) is 27.9 Å². The first-order chi connectivity index (χ1) is 12.7. The Morgan fingerprint density at radius 3 is 2.37 bits per heavy atom. The van der Waals surface area contributed by atoms with E-state index in [-0.39, 0.29) is 6.42 Å². The SMILES string of the molecule is CCC/C=C\C/C=C\CC(=O)OC[C@H](O)COP(=O)(O)OC[C@H](N)C(=O)O. The van der Waals surface area contributed by atoms with Gasteiger partial charge in [-0.3, -0.25) is 18.6 Å². The molecule has 1 unspecified atom stereocenters. The van der Waals surface area contributed by atoms with Crippen molar-refractivity contribution in [3.63, 3.8) is 0 Å². The second kappa shape index (κ2) is 14.5. The molecular weight excluding hydrogens is 381 g/mol. The highest BCUT2D eigenvalue weighted by molar-refractivity contribution is 7.47. The lowest BCUT2D eigenvalue weighted by Crippen LogP contribution is -2.34. The van der Waals surface area contributed by atoms with Gasteiger partial charge in [0.25, 0.3) is 0 Å². The minimum absolute atomic E-state index is 0.0316. The monoisotopic (exact) mass is 409 g/mol. The molecular formula is C16H28NO9P. The number of unbranched alkanes of at least 4 members (excludes halogenated alkanes) is 1. The van der Waals surface area contributed by atoms with Gasteiger partial charge in [-0.15, -0.1) is 0 Å². The van der Waals surface area contributed by atoms with E-state index in [1.807, 2.05) is 12.2 Å². The van der Waals surface area contributed by atoms with E-state index in [9.17, 15) is 24.2 Å². The van der Waals surface area contributed by atoms with Crippen LogP contribution in [0.2, 0.25) is 0 Å². The van der Waals surface area contributed by atoms with E-state index in [1.54, 1.807) is 6.08 Å². The summed E-state index contributed by atoms with van der Waals surface area (Å²) >= 11 is 0. The highest BCUT2D eigenvalue weighted by Crippen LogP contribution is 2.43. The van der Waals surface area contributed by atoms with E-state index < -0.39 is 51.7 Å². The van der Waals surface area contributed by atoms with Crippen LogP contribution in [0.25, 0.3) is 0 Å². The molecule has 0 amide bonds. The van der Waals surface area contributed by atoms with Gasteiger partial charge in [-0.2, -0.15) is 0 Å². The molecule has 0 aromatic carbocycles. The smallest absolute Gasteiger partial charge is 0.472 e. The van der Waals surface area contributed by atoms with E-state index >= 15 is 0 Å². The molecule has 0 aliphatic heterocycles. The van der Waals surface area contributed by atoms with Crippen molar-refractivity contribution in [3.05, 3.63) is 24.3 Å². The lowest BCUT2D eigenvalue weighted by Gasteiger charge is -2.16. The van der Waals surface area contributed by atoms with Gasteiger partial charge in [-0.05, 0) is 12.8 Å². The van der Waals surface area contributed by atoms with Crippen LogP contribution in [0.15, 0.2) is 24.3 Å². The van der Waals surface area contributed by atoms with Gasteiger partial charge in [0, 0.05) is 0 Å². The predicted octanol–water partition coefficient (Wildman–Crippen LogP) is 1.13. The number of aliphatic hydroxyl groups excluding tert-OH is 1. The Hall–Kier alpha value is -1.55. The summed E-state index contributed by atoms with van der Waals surface area (Å²) < 4.78 is 25.1. The minimum atomic E-state index is -4.58. The highest BCUT2D eigenvalue weighted by Gasteiger charge is 2.25. The molecule has 0 radical (unpaired) electrons. The molecule has 156 valence electrons. The Labute approximate surface area is 158 Å². The Bertz CT molecular complexity index is 550. The fourth-order valence-corrected chi connectivity index (χ4v) is 2.28. The summed E-state index contributed by atoms with van der Waals surface area (Å²) in [7, 11) is -4.58. The Morgan fingerprint density at radius 1 is 1.11 bits per heavy atom. The fraction of sp³-hybridized carbons (Fsp3) is 0.625. The zero-order valence-corrected chi connectivity index (χ0v) is 16.1. The molecule has 0 saturated heterocycles. The molecule has 5 N–H and O–H groups in total. The van der Waals surface area contributed by atoms with Crippen LogP contribution in [0.4, 0.5) is 0 Å². The summed E-state index contributed by atoms with van der Waals surface area (Å²) in [6, 6.07) is -1.49. The average molecular weight is 409 g/mol. The Kier molecular flexibility index (Phi) is 13.7. The van der Waals surface area contributed by atoms with Crippen molar-refractivity contribution >= 4 is 19.8 Å². The van der Waals surface area contributed by atoms with Crippen LogP contribution in [0.1, 0.15) is 32.6 Å². The van der Waals surface area contributed by atoms with Crippen molar-refractivity contribution in [3.8, 4) is 0 Å². The molecule has 0 heterocycles. The molecule has 0 aromatic rings. The van der Waals surface area contributed by atoms with Gasteiger partial charge in [-0.25, -0.2) is 4.57 Å². The molecule has 0 saturated carbocycles. The predicted molar refractivity (Wildman–Crippen MR) is 96.7 cm³/mol. The number of esters is 1. The second-order valence-electron chi connectivity index (χ2n) is 5.51. The number of ether oxygens (including phenoxy) is 1. The van der Waals surface area contributed by atoms with Crippen molar-refractivity contribution in [2.45, 2.75) is 44.8 Å². The van der Waals surface area contributed by atoms with E-state index in [2.05, 4.69) is 22.0 Å². The quantitative estimate of drug-likeness (QED) is 0.175. The molecule has 0 aliphatic rings. The fourth-order valence-electron chi connectivity index (χ4n) is 1.49. The largest absolute Gasteiger partial charge is 0.480 e. The van der Waals surface area contributed by atoms with Gasteiger partial charge in [0.05, 0.1) is 19.6 Å². The lowest BCUT2D eigenvalue weighted by molar-refractivity contribution is -0.146. The van der Waals surface area contributed by atoms with E-state index in [4.69, 9.17) is 15.6 Å². The third kappa shape index (κ3) is 15.2. The maximum Gasteiger partial charge on any atom is 0.472 e. The summed E-state index contributed by atoms with van der Waals surface area (Å²) in [6.07, 6.45) is 8.97. The number of carbonyl (C=O) groups excluding carboxylic acids is 1. The number of hydrogen-bond donors (Lipinski definition) is 4. The molecule has 10 nitrogen and oxygen atoms in total. The van der Waals surface area contributed by atoms with Crippen molar-refractivity contribution in [1.82, 2.24) is 0 Å². The maximum atomic E-state index is 11.5. The van der Waals surface area contributed by atoms with Crippen molar-refractivity contribution in [1.29, 1.82) is 0 Å². The van der Waals surface area contributed by atoms with Crippen molar-refractivity contribution < 1.29 is 43.0 Å². The van der Waals surface area contributed by atoms with Gasteiger partial charge >= 0.3 is 19.8 Å². The number of carboxylic acid groups (broad SMARTS) is 1. The van der Waals surface area contributed by atoms with Crippen LogP contribution < -0.4 is 5.73 Å². The van der Waals surface area contributed by atoms with E-state index in [0.717, 1.165) is 12.8 Å². The van der Waals surface area contributed by atoms with Crippen LogP contribution in [0, 0.1) is 0 Å². The summed E-state index contributed by atoms with van der Waals surface area (Å²) in [6.45, 7) is 0.254. The molecule has 27 heavy (non-hydrogen) atoms. The first kappa shape index (κ1) is 25.4. The highest BCUT2D eigenvalue weighted by atomic mass is 31.2. The van der Waals surface area contributed by atoms with E-state index in [1.165, 1.54) is 0 Å². The normalized spacial score (nSPS) is 16.3. The Balaban J connectivity index is 3.96. The number of carbonyl (C=O) groups is 2. The zero-order chi connectivity index (χ0) is 20.7. The van der Waals surface area contributed by atoms with Crippen molar-refractivity contribution in [2.75, 3.05) is 19.8 Å². The Morgan fingerprint density at radius 2 is 1.74 bits per heavy atom. The first-order valence-electron chi connectivity index (χ1n) is 8.41. The third-order valence-corrected chi connectivity index (χ3v) is 3.90. The molecule has 0 aliphatic carbocycles. The van der Waals surface area contributed by atoms with Crippen LogP contribution in [-0.4, -0.2) is 59.0 Å². The number of rotatable bonds is 15. The number of hydrogen-bond acceptors (Lipinski definition) is 8. The van der Waals surface area contributed by atoms with Gasteiger partial charge in [0.1, 0.15) is 18.8 Å². The number of phosphoric ester groups is 1. The van der Waals surface area contributed by atoms with Crippen LogP contribution >= 0.6 is 7.82 Å². The standard InChI is InChI=1S/C16H28NO9P/c1-2-3-4-5-6-7-8-9-15(19)24-10-13(18)11-25-27(22,23)26-12-14(17)16(20)21/h4-5,7-8,13-14,18H,2-3,6,9-12,17H2,1H3,(H,20,21)(H,22,23)/b5-4-,8-7-/t13-,14-/m0/s1. The number of allylic oxidation sites excluding steroid dienone is 3. The third-order valence-electron chi connectivity index (χ3n) is 2.95. The summed E-state index contributed by atoms with van der Waals surface area (Å²) in [5.41, 5.74) is 5.11. The van der Waals surface area contributed by atoms with Gasteiger partial charge < -0.3 is 25.6 Å². The van der Waals surface area contributed by atoms with Crippen LogP contribution in [0.3, 0.4) is 0 Å².